The third-order valence-corrected chi connectivity index (χ3v) is 6.67. The normalized spacial score (nSPS) is 12.9. The zero-order valence-electron chi connectivity index (χ0n) is 14.4. The second-order valence-corrected chi connectivity index (χ2v) is 9.50. The number of hydrogen-bond donors (Lipinski definition) is 2. The maximum Gasteiger partial charge on any atom is 0.271 e. The molecule has 0 radical (unpaired) electrons. The third kappa shape index (κ3) is 4.21. The van der Waals surface area contributed by atoms with E-state index in [1.54, 1.807) is 31.5 Å². The first-order valence-electron chi connectivity index (χ1n) is 7.71. The number of thioether (sulfide) groups is 1. The van der Waals surface area contributed by atoms with Gasteiger partial charge in [-0.1, -0.05) is 17.8 Å². The van der Waals surface area contributed by atoms with Gasteiger partial charge in [0.25, 0.3) is 5.56 Å². The Balaban J connectivity index is 1.79. The number of rotatable bonds is 5. The molecular formula is C16H16N4O4S3. The summed E-state index contributed by atoms with van der Waals surface area (Å²) in [5.74, 6) is -0.355. The largest absolute Gasteiger partial charge is 0.325 e. The van der Waals surface area contributed by atoms with Crippen LogP contribution in [0.1, 0.15) is 6.92 Å². The summed E-state index contributed by atoms with van der Waals surface area (Å²) in [6.07, 6.45) is 0. The average Bonchev–Trinajstić information content (AvgIpc) is 3.07. The second-order valence-electron chi connectivity index (χ2n) is 5.72. The molecular weight excluding hydrogens is 408 g/mol. The smallest absolute Gasteiger partial charge is 0.271 e. The van der Waals surface area contributed by atoms with Crippen molar-refractivity contribution in [3.63, 3.8) is 0 Å². The maximum atomic E-state index is 12.5. The zero-order chi connectivity index (χ0) is 19.8. The van der Waals surface area contributed by atoms with Crippen LogP contribution in [0.15, 0.2) is 50.6 Å². The van der Waals surface area contributed by atoms with Gasteiger partial charge in [0.05, 0.1) is 15.7 Å². The Morgan fingerprint density at radius 1 is 1.37 bits per heavy atom. The minimum Gasteiger partial charge on any atom is -0.325 e. The molecule has 142 valence electrons. The summed E-state index contributed by atoms with van der Waals surface area (Å²) < 4.78 is 24.8. The highest BCUT2D eigenvalue weighted by molar-refractivity contribution is 8.00. The number of benzene rings is 1. The molecule has 3 rings (SSSR count). The van der Waals surface area contributed by atoms with E-state index in [-0.39, 0.29) is 16.4 Å². The Hall–Kier alpha value is -2.21. The van der Waals surface area contributed by atoms with Crippen LogP contribution in [0.2, 0.25) is 0 Å². The number of nitrogens with zero attached hydrogens (tertiary/aromatic N) is 2. The Kier molecular flexibility index (Phi) is 5.38. The van der Waals surface area contributed by atoms with Gasteiger partial charge in [0, 0.05) is 12.7 Å². The molecule has 8 nitrogen and oxygen atoms in total. The Labute approximate surface area is 163 Å². The molecule has 0 saturated heterocycles. The van der Waals surface area contributed by atoms with Gasteiger partial charge in [-0.15, -0.1) is 11.3 Å². The van der Waals surface area contributed by atoms with Crippen molar-refractivity contribution >= 4 is 54.9 Å². The quantitative estimate of drug-likeness (QED) is 0.475. The van der Waals surface area contributed by atoms with E-state index in [4.69, 9.17) is 5.14 Å². The summed E-state index contributed by atoms with van der Waals surface area (Å²) in [6, 6.07) is 7.45. The number of nitrogens with one attached hydrogen (secondary N) is 1. The van der Waals surface area contributed by atoms with E-state index in [1.165, 1.54) is 34.1 Å². The third-order valence-electron chi connectivity index (χ3n) is 3.73. The van der Waals surface area contributed by atoms with Crippen LogP contribution in [-0.4, -0.2) is 29.1 Å². The lowest BCUT2D eigenvalue weighted by molar-refractivity contribution is -0.115. The van der Waals surface area contributed by atoms with Crippen LogP contribution >= 0.6 is 23.1 Å². The fourth-order valence-electron chi connectivity index (χ4n) is 2.28. The summed E-state index contributed by atoms with van der Waals surface area (Å²) >= 11 is 2.46. The summed E-state index contributed by atoms with van der Waals surface area (Å²) in [6.45, 7) is 1.67. The molecule has 1 atom stereocenters. The van der Waals surface area contributed by atoms with Crippen LogP contribution in [0.3, 0.4) is 0 Å². The molecule has 1 amide bonds. The van der Waals surface area contributed by atoms with Gasteiger partial charge in [-0.05, 0) is 36.6 Å². The minimum absolute atomic E-state index is 0.0902. The monoisotopic (exact) mass is 424 g/mol. The van der Waals surface area contributed by atoms with E-state index in [9.17, 15) is 18.0 Å². The molecule has 0 aliphatic heterocycles. The number of primary sulfonamides is 1. The van der Waals surface area contributed by atoms with Gasteiger partial charge in [0.1, 0.15) is 4.70 Å². The van der Waals surface area contributed by atoms with Crippen LogP contribution in [-0.2, 0) is 21.9 Å². The molecule has 0 saturated carbocycles. The minimum atomic E-state index is -3.86. The predicted molar refractivity (Wildman–Crippen MR) is 107 cm³/mol. The number of sulfonamides is 1. The Morgan fingerprint density at radius 3 is 2.81 bits per heavy atom. The van der Waals surface area contributed by atoms with E-state index in [0.29, 0.717) is 21.1 Å². The number of amides is 1. The highest BCUT2D eigenvalue weighted by Gasteiger charge is 2.19. The van der Waals surface area contributed by atoms with Crippen LogP contribution in [0.25, 0.3) is 10.2 Å². The van der Waals surface area contributed by atoms with E-state index in [2.05, 4.69) is 10.3 Å². The Morgan fingerprint density at radius 2 is 2.11 bits per heavy atom. The van der Waals surface area contributed by atoms with Crippen LogP contribution < -0.4 is 16.0 Å². The number of aromatic nitrogens is 2. The van der Waals surface area contributed by atoms with Crippen molar-refractivity contribution in [2.75, 3.05) is 5.32 Å². The molecule has 1 aromatic carbocycles. The van der Waals surface area contributed by atoms with Crippen molar-refractivity contribution in [3.8, 4) is 0 Å². The molecule has 0 bridgehead atoms. The number of anilines is 1. The van der Waals surface area contributed by atoms with Gasteiger partial charge < -0.3 is 5.32 Å². The van der Waals surface area contributed by atoms with Gasteiger partial charge in [0.2, 0.25) is 15.9 Å². The predicted octanol–water partition coefficient (Wildman–Crippen LogP) is 1.76. The van der Waals surface area contributed by atoms with Gasteiger partial charge in [0.15, 0.2) is 5.16 Å². The van der Waals surface area contributed by atoms with Crippen molar-refractivity contribution < 1.29 is 13.2 Å². The molecule has 0 aliphatic carbocycles. The molecule has 0 spiro atoms. The lowest BCUT2D eigenvalue weighted by Crippen LogP contribution is -2.25. The first-order chi connectivity index (χ1) is 12.7. The van der Waals surface area contributed by atoms with Gasteiger partial charge in [-0.2, -0.15) is 0 Å². The lowest BCUT2D eigenvalue weighted by Gasteiger charge is -2.14. The van der Waals surface area contributed by atoms with Crippen molar-refractivity contribution in [2.24, 2.45) is 12.2 Å². The van der Waals surface area contributed by atoms with Crippen LogP contribution in [0.4, 0.5) is 5.69 Å². The molecule has 3 aromatic rings. The number of hydrogen-bond acceptors (Lipinski definition) is 7. The van der Waals surface area contributed by atoms with Gasteiger partial charge >= 0.3 is 0 Å². The van der Waals surface area contributed by atoms with E-state index >= 15 is 0 Å². The number of carbonyl (C=O) groups excluding carboxylic acids is 1. The first-order valence-corrected chi connectivity index (χ1v) is 11.0. The number of thiophene rings is 1. The first kappa shape index (κ1) is 19.5. The maximum absolute atomic E-state index is 12.5. The van der Waals surface area contributed by atoms with Gasteiger partial charge in [-0.3, -0.25) is 14.2 Å². The molecule has 0 fully saturated rings. The van der Waals surface area contributed by atoms with Crippen LogP contribution in [0, 0.1) is 0 Å². The number of nitrogens with two attached hydrogens (primary N) is 1. The molecule has 11 heteroatoms. The van der Waals surface area contributed by atoms with Crippen molar-refractivity contribution in [1.82, 2.24) is 9.55 Å². The van der Waals surface area contributed by atoms with E-state index < -0.39 is 15.3 Å². The van der Waals surface area contributed by atoms with Gasteiger partial charge in [-0.25, -0.2) is 18.5 Å². The summed E-state index contributed by atoms with van der Waals surface area (Å²) in [4.78, 5) is 29.1. The van der Waals surface area contributed by atoms with Crippen molar-refractivity contribution in [1.29, 1.82) is 0 Å². The molecule has 27 heavy (non-hydrogen) atoms. The van der Waals surface area contributed by atoms with Crippen molar-refractivity contribution in [3.05, 3.63) is 46.1 Å². The lowest BCUT2D eigenvalue weighted by atomic mass is 10.3. The fraction of sp³-hybridized carbons (Fsp3) is 0.188. The zero-order valence-corrected chi connectivity index (χ0v) is 16.8. The second kappa shape index (κ2) is 7.43. The highest BCUT2D eigenvalue weighted by Crippen LogP contribution is 2.24. The van der Waals surface area contributed by atoms with E-state index in [1.807, 2.05) is 0 Å². The molecule has 0 unspecified atom stereocenters. The summed E-state index contributed by atoms with van der Waals surface area (Å²) in [5.41, 5.74) is 0.749. The topological polar surface area (TPSA) is 124 Å². The number of fused-ring (bicyclic) bond motifs is 1. The highest BCUT2D eigenvalue weighted by atomic mass is 32.2. The summed E-state index contributed by atoms with van der Waals surface area (Å²) in [7, 11) is -2.25. The average molecular weight is 425 g/mol. The number of carbonyl (C=O) groups is 1. The Bertz CT molecular complexity index is 1180. The fourth-order valence-corrected chi connectivity index (χ4v) is 4.52. The molecule has 2 heterocycles. The summed E-state index contributed by atoms with van der Waals surface area (Å²) in [5, 5.41) is 9.39. The molecule has 3 N–H and O–H groups in total. The van der Waals surface area contributed by atoms with Crippen LogP contribution in [0.5, 0.6) is 0 Å². The molecule has 2 aromatic heterocycles. The standard InChI is InChI=1S/C16H16N4O4S3/c1-9(14(21)18-10-4-3-5-11(8-10)27(17,23)24)26-16-19-12-6-7-25-13(12)15(22)20(16)2/h3-9H,1-2H3,(H,18,21)(H2,17,23,24)/t9-/m1/s1. The SMILES string of the molecule is C[C@@H](Sc1nc2ccsc2c(=O)n1C)C(=O)Nc1cccc(S(N)(=O)=O)c1. The van der Waals surface area contributed by atoms with Crippen molar-refractivity contribution in [2.45, 2.75) is 22.2 Å². The molecule has 0 aliphatic rings. The van der Waals surface area contributed by atoms with E-state index in [0.717, 1.165) is 11.8 Å².